The summed E-state index contributed by atoms with van der Waals surface area (Å²) in [5, 5.41) is 0.499. The van der Waals surface area contributed by atoms with Crippen molar-refractivity contribution < 1.29 is 18.7 Å². The number of carbonyl (C=O) groups is 1. The van der Waals surface area contributed by atoms with Crippen LogP contribution in [-0.2, 0) is 4.74 Å². The van der Waals surface area contributed by atoms with Crippen LogP contribution in [0.4, 0.5) is 0 Å². The van der Waals surface area contributed by atoms with Gasteiger partial charge in [-0.1, -0.05) is 23.8 Å². The highest BCUT2D eigenvalue weighted by Crippen LogP contribution is 2.39. The second-order valence-corrected chi connectivity index (χ2v) is 7.94. The Morgan fingerprint density at radius 3 is 2.63 bits per heavy atom. The number of carbonyl (C=O) groups excluding carboxylic acids is 1. The molecule has 6 heteroatoms. The third kappa shape index (κ3) is 2.99. The van der Waals surface area contributed by atoms with Gasteiger partial charge in [-0.3, -0.25) is 9.59 Å². The normalized spacial score (nSPS) is 20.7. The van der Waals surface area contributed by atoms with E-state index in [9.17, 15) is 9.59 Å². The number of methoxy groups -OCH3 is 1. The molecule has 2 atom stereocenters. The fourth-order valence-electron chi connectivity index (χ4n) is 4.46. The van der Waals surface area contributed by atoms with Crippen molar-refractivity contribution in [3.8, 4) is 5.75 Å². The quantitative estimate of drug-likeness (QED) is 0.660. The Bertz CT molecular complexity index is 1170. The van der Waals surface area contributed by atoms with Crippen molar-refractivity contribution in [2.24, 2.45) is 0 Å². The summed E-state index contributed by atoms with van der Waals surface area (Å²) in [5.74, 6) is 0.589. The summed E-state index contributed by atoms with van der Waals surface area (Å²) in [4.78, 5) is 28.6. The van der Waals surface area contributed by atoms with Crippen LogP contribution in [0.5, 0.6) is 5.75 Å². The van der Waals surface area contributed by atoms with Gasteiger partial charge in [0.1, 0.15) is 11.3 Å². The molecule has 0 saturated carbocycles. The molecular weight excluding hydrogens is 382 g/mol. The zero-order valence-electron chi connectivity index (χ0n) is 17.0. The zero-order valence-corrected chi connectivity index (χ0v) is 17.0. The molecule has 0 bridgehead atoms. The Morgan fingerprint density at radius 2 is 1.93 bits per heavy atom. The van der Waals surface area contributed by atoms with E-state index < -0.39 is 6.04 Å². The molecule has 30 heavy (non-hydrogen) atoms. The standard InChI is InChI=1S/C24H23NO5/c1-14-5-10-19-18(12-14)22(26)20-21(15-6-8-16(28-2)9-7-15)25(24(27)23(20)30-19)13-17-4-3-11-29-17/h5-10,12,17,21H,3-4,11,13H2,1-2H3/t17-,21+/m1/s1. The molecule has 2 aromatic carbocycles. The van der Waals surface area contributed by atoms with Gasteiger partial charge in [-0.15, -0.1) is 0 Å². The molecular formula is C24H23NO5. The number of aryl methyl sites for hydroxylation is 1. The molecule has 154 valence electrons. The third-order valence-corrected chi connectivity index (χ3v) is 5.98. The van der Waals surface area contributed by atoms with Gasteiger partial charge in [0.25, 0.3) is 5.91 Å². The van der Waals surface area contributed by atoms with E-state index in [0.29, 0.717) is 29.7 Å². The number of fused-ring (bicyclic) bond motifs is 2. The molecule has 0 N–H and O–H groups in total. The molecule has 6 nitrogen and oxygen atoms in total. The third-order valence-electron chi connectivity index (χ3n) is 5.98. The number of amides is 1. The number of ether oxygens (including phenoxy) is 2. The van der Waals surface area contributed by atoms with Gasteiger partial charge in [0.2, 0.25) is 5.76 Å². The summed E-state index contributed by atoms with van der Waals surface area (Å²) < 4.78 is 17.0. The average molecular weight is 405 g/mol. The maximum atomic E-state index is 13.5. The van der Waals surface area contributed by atoms with Gasteiger partial charge in [-0.25, -0.2) is 0 Å². The molecule has 3 heterocycles. The lowest BCUT2D eigenvalue weighted by molar-refractivity contribution is 0.0486. The van der Waals surface area contributed by atoms with Crippen LogP contribution >= 0.6 is 0 Å². The highest BCUT2D eigenvalue weighted by atomic mass is 16.5. The number of rotatable bonds is 4. The monoisotopic (exact) mass is 405 g/mol. The highest BCUT2D eigenvalue weighted by molar-refractivity contribution is 5.99. The molecule has 1 saturated heterocycles. The van der Waals surface area contributed by atoms with Crippen LogP contribution in [0.15, 0.2) is 51.7 Å². The van der Waals surface area contributed by atoms with Gasteiger partial charge in [0, 0.05) is 13.2 Å². The minimum Gasteiger partial charge on any atom is -0.497 e. The van der Waals surface area contributed by atoms with E-state index in [2.05, 4.69) is 0 Å². The van der Waals surface area contributed by atoms with Crippen molar-refractivity contribution in [2.45, 2.75) is 31.9 Å². The lowest BCUT2D eigenvalue weighted by atomic mass is 9.98. The summed E-state index contributed by atoms with van der Waals surface area (Å²) in [6, 6.07) is 12.4. The van der Waals surface area contributed by atoms with Gasteiger partial charge in [0.15, 0.2) is 5.43 Å². The van der Waals surface area contributed by atoms with Gasteiger partial charge in [-0.05, 0) is 49.6 Å². The smallest absolute Gasteiger partial charge is 0.291 e. The molecule has 1 aromatic heterocycles. The predicted molar refractivity (Wildman–Crippen MR) is 112 cm³/mol. The van der Waals surface area contributed by atoms with Crippen LogP contribution in [0, 0.1) is 6.92 Å². The molecule has 0 spiro atoms. The van der Waals surface area contributed by atoms with Gasteiger partial charge < -0.3 is 18.8 Å². The van der Waals surface area contributed by atoms with Crippen molar-refractivity contribution >= 4 is 16.9 Å². The zero-order chi connectivity index (χ0) is 20.8. The minimum atomic E-state index is -0.510. The topological polar surface area (TPSA) is 69.0 Å². The van der Waals surface area contributed by atoms with Crippen molar-refractivity contribution in [3.05, 3.63) is 75.1 Å². The molecule has 3 aromatic rings. The number of hydrogen-bond donors (Lipinski definition) is 0. The molecule has 1 fully saturated rings. The van der Waals surface area contributed by atoms with Crippen LogP contribution < -0.4 is 10.2 Å². The van der Waals surface area contributed by atoms with Gasteiger partial charge >= 0.3 is 0 Å². The fraction of sp³-hybridized carbons (Fsp3) is 0.333. The lowest BCUT2D eigenvalue weighted by Crippen LogP contribution is -2.36. The van der Waals surface area contributed by atoms with Crippen molar-refractivity contribution in [1.29, 1.82) is 0 Å². The van der Waals surface area contributed by atoms with E-state index in [-0.39, 0.29) is 23.2 Å². The van der Waals surface area contributed by atoms with Crippen molar-refractivity contribution in [2.75, 3.05) is 20.3 Å². The summed E-state index contributed by atoms with van der Waals surface area (Å²) in [6.45, 7) is 3.06. The SMILES string of the molecule is COc1ccc([C@H]2c3c(oc4ccc(C)cc4c3=O)C(=O)N2C[C@H]2CCCO2)cc1. The van der Waals surface area contributed by atoms with Crippen LogP contribution in [0.3, 0.4) is 0 Å². The lowest BCUT2D eigenvalue weighted by Gasteiger charge is -2.27. The van der Waals surface area contributed by atoms with E-state index in [1.54, 1.807) is 18.1 Å². The molecule has 0 aliphatic carbocycles. The first-order chi connectivity index (χ1) is 14.6. The predicted octanol–water partition coefficient (Wildman–Crippen LogP) is 3.83. The first-order valence-corrected chi connectivity index (χ1v) is 10.2. The van der Waals surface area contributed by atoms with Gasteiger partial charge in [-0.2, -0.15) is 0 Å². The molecule has 5 rings (SSSR count). The van der Waals surface area contributed by atoms with Crippen LogP contribution in [0.2, 0.25) is 0 Å². The Balaban J connectivity index is 1.69. The van der Waals surface area contributed by atoms with E-state index in [0.717, 1.165) is 29.7 Å². The highest BCUT2D eigenvalue weighted by Gasteiger charge is 2.43. The Kier molecular flexibility index (Phi) is 4.59. The Morgan fingerprint density at radius 1 is 1.13 bits per heavy atom. The van der Waals surface area contributed by atoms with Gasteiger partial charge in [0.05, 0.1) is 30.2 Å². The van der Waals surface area contributed by atoms with E-state index in [4.69, 9.17) is 13.9 Å². The molecule has 0 radical (unpaired) electrons. The summed E-state index contributed by atoms with van der Waals surface area (Å²) in [5.41, 5.74) is 2.50. The van der Waals surface area contributed by atoms with Crippen LogP contribution in [-0.4, -0.2) is 37.2 Å². The molecule has 0 unspecified atom stereocenters. The second kappa shape index (κ2) is 7.29. The van der Waals surface area contributed by atoms with Crippen LogP contribution in [0.1, 0.15) is 46.1 Å². The first-order valence-electron chi connectivity index (χ1n) is 10.2. The van der Waals surface area contributed by atoms with Crippen LogP contribution in [0.25, 0.3) is 11.0 Å². The summed E-state index contributed by atoms with van der Waals surface area (Å²) in [7, 11) is 1.61. The van der Waals surface area contributed by atoms with Crippen molar-refractivity contribution in [3.63, 3.8) is 0 Å². The maximum Gasteiger partial charge on any atom is 0.291 e. The fourth-order valence-corrected chi connectivity index (χ4v) is 4.46. The van der Waals surface area contributed by atoms with Crippen molar-refractivity contribution in [1.82, 2.24) is 4.90 Å². The number of hydrogen-bond acceptors (Lipinski definition) is 5. The van der Waals surface area contributed by atoms with E-state index >= 15 is 0 Å². The second-order valence-electron chi connectivity index (χ2n) is 7.94. The molecule has 2 aliphatic heterocycles. The largest absolute Gasteiger partial charge is 0.497 e. The minimum absolute atomic E-state index is 0.0317. The summed E-state index contributed by atoms with van der Waals surface area (Å²) >= 11 is 0. The van der Waals surface area contributed by atoms with E-state index in [1.165, 1.54) is 0 Å². The van der Waals surface area contributed by atoms with E-state index in [1.807, 2.05) is 43.3 Å². The molecule has 2 aliphatic rings. The first kappa shape index (κ1) is 18.9. The number of nitrogens with zero attached hydrogens (tertiary/aromatic N) is 1. The summed E-state index contributed by atoms with van der Waals surface area (Å²) in [6.07, 6.45) is 1.85. The Labute approximate surface area is 174 Å². The maximum absolute atomic E-state index is 13.5. The number of benzene rings is 2. The molecule has 1 amide bonds. The Hall–Kier alpha value is -3.12. The average Bonchev–Trinajstić information content (AvgIpc) is 3.37.